The highest BCUT2D eigenvalue weighted by Crippen LogP contribution is 2.29. The van der Waals surface area contributed by atoms with Crippen molar-refractivity contribution < 1.29 is 76.7 Å². The summed E-state index contributed by atoms with van der Waals surface area (Å²) in [5, 5.41) is 33.2. The van der Waals surface area contributed by atoms with Crippen LogP contribution in [0.1, 0.15) is 216 Å². The molecular formula is C98H147N19O16. The van der Waals surface area contributed by atoms with Gasteiger partial charge in [0.25, 0.3) is 0 Å². The van der Waals surface area contributed by atoms with Crippen LogP contribution in [-0.4, -0.2) is 267 Å². The summed E-state index contributed by atoms with van der Waals surface area (Å²) in [6.45, 7) is 23.2. The molecule has 0 bridgehead atoms. The molecule has 730 valence electrons. The molecular weight excluding hydrogens is 1700 g/mol. The van der Waals surface area contributed by atoms with Gasteiger partial charge in [0.15, 0.2) is 0 Å². The quantitative estimate of drug-likeness (QED) is 0.0360. The van der Waals surface area contributed by atoms with Crippen molar-refractivity contribution >= 4 is 116 Å². The molecule has 15 N–H and O–H groups in total. The van der Waals surface area contributed by atoms with Gasteiger partial charge in [-0.1, -0.05) is 175 Å². The van der Waals surface area contributed by atoms with Gasteiger partial charge in [-0.15, -0.1) is 0 Å². The lowest BCUT2D eigenvalue weighted by Gasteiger charge is -2.36. The second kappa shape index (κ2) is 51.5. The smallest absolute Gasteiger partial charge is 0.245 e. The van der Waals surface area contributed by atoms with Crippen molar-refractivity contribution in [2.75, 3.05) is 53.9 Å². The first-order valence-corrected chi connectivity index (χ1v) is 47.7. The van der Waals surface area contributed by atoms with E-state index in [0.29, 0.717) is 55.2 Å². The van der Waals surface area contributed by atoms with Gasteiger partial charge in [0, 0.05) is 87.7 Å². The van der Waals surface area contributed by atoms with E-state index < -0.39 is 186 Å². The number of nitrogens with one attached hydrogen (secondary N) is 13. The molecule has 14 atom stereocenters. The molecule has 2 aromatic heterocycles. The molecule has 3 fully saturated rings. The zero-order chi connectivity index (χ0) is 97.6. The number of benzene rings is 3. The summed E-state index contributed by atoms with van der Waals surface area (Å²) < 4.78 is 0. The second-order valence-corrected chi connectivity index (χ2v) is 38.3. The number of hydrogen-bond acceptors (Lipinski definition) is 17. The van der Waals surface area contributed by atoms with E-state index in [4.69, 9.17) is 5.73 Å². The molecule has 3 aromatic carbocycles. The number of rotatable bonds is 25. The Morgan fingerprint density at radius 3 is 1.31 bits per heavy atom. The Balaban J connectivity index is 1.17. The van der Waals surface area contributed by atoms with Crippen molar-refractivity contribution in [3.8, 4) is 0 Å². The highest BCUT2D eigenvalue weighted by molar-refractivity contribution is 6.02. The number of nitrogens with two attached hydrogens (primary N) is 1. The maximum Gasteiger partial charge on any atom is 0.245 e. The molecule has 16 amide bonds. The van der Waals surface area contributed by atoms with Gasteiger partial charge in [0.2, 0.25) is 94.5 Å². The third-order valence-electron chi connectivity index (χ3n) is 25.1. The molecule has 1 unspecified atom stereocenters. The highest BCUT2D eigenvalue weighted by atomic mass is 16.2. The van der Waals surface area contributed by atoms with Crippen molar-refractivity contribution in [2.45, 2.75) is 303 Å². The number of carbonyl (C=O) groups excluding carboxylic acids is 16. The molecule has 8 rings (SSSR count). The number of unbranched alkanes of at least 4 members (excludes halogenated alkanes) is 2. The van der Waals surface area contributed by atoms with Gasteiger partial charge < -0.3 is 98.7 Å². The van der Waals surface area contributed by atoms with Crippen LogP contribution in [0.4, 0.5) is 0 Å². The Morgan fingerprint density at radius 2 is 0.812 bits per heavy atom. The Kier molecular flexibility index (Phi) is 41.2. The number of primary amides is 1. The van der Waals surface area contributed by atoms with Crippen molar-refractivity contribution in [1.29, 1.82) is 0 Å². The van der Waals surface area contributed by atoms with Gasteiger partial charge >= 0.3 is 0 Å². The number of H-pyrrole nitrogens is 2. The Labute approximate surface area is 782 Å². The first kappa shape index (κ1) is 107. The third-order valence-corrected chi connectivity index (χ3v) is 25.1. The summed E-state index contributed by atoms with van der Waals surface area (Å²) in [5.74, 6) is -12.2. The van der Waals surface area contributed by atoms with E-state index in [1.165, 1.54) is 52.6 Å². The second-order valence-electron chi connectivity index (χ2n) is 38.3. The van der Waals surface area contributed by atoms with Crippen LogP contribution >= 0.6 is 0 Å². The van der Waals surface area contributed by atoms with Crippen LogP contribution < -0.4 is 64.2 Å². The molecule has 0 aliphatic carbocycles. The number of nitrogens with zero attached hydrogens (tertiary/aromatic N) is 5. The molecule has 0 radical (unpaired) electrons. The number of amides is 16. The summed E-state index contributed by atoms with van der Waals surface area (Å²) in [4.78, 5) is 251. The number of aromatic nitrogens is 2. The summed E-state index contributed by atoms with van der Waals surface area (Å²) in [7, 11) is 4.32. The van der Waals surface area contributed by atoms with Gasteiger partial charge in [-0.25, -0.2) is 0 Å². The number of fused-ring (bicyclic) bond motifs is 4. The average Bonchev–Trinajstić information content (AvgIpc) is 1.73. The Morgan fingerprint density at radius 1 is 0.414 bits per heavy atom. The summed E-state index contributed by atoms with van der Waals surface area (Å²) in [6, 6.07) is 5.97. The van der Waals surface area contributed by atoms with E-state index in [1.807, 2.05) is 132 Å². The molecule has 0 spiro atoms. The zero-order valence-electron chi connectivity index (χ0n) is 80.7. The fourth-order valence-electron chi connectivity index (χ4n) is 17.8. The number of likely N-dealkylation sites (N-methyl/N-ethyl adjacent to an activating group) is 3. The van der Waals surface area contributed by atoms with Crippen molar-refractivity contribution in [2.24, 2.45) is 35.3 Å². The maximum absolute atomic E-state index is 15.9. The largest absolute Gasteiger partial charge is 0.368 e. The SMILES string of the molecule is CCCC[C@H]1C(=O)N(C)[C@@H](CCCC)C(=O)N[C@@H](CC(C)C)C(=O)N[C@H](C(=O)NCC(N)=O)CCCNCC(=O)N[C@@H](Cc2ccccc2)C(=O)N(C)[C@@H](C)C(=O)N[C@@H](CC(C)C)C(=O)N2CCC[C@H]2C(=O)N[C@@H](CC(C)C)C(=O)N[C@@H](CC(C)C)C(=O)N2CCC[C@H]2C(=O)N[C@@H](Cc2c[nH]c3ccccc23)C(=O)N[C@@H](CC(C)C)C(=O)NC(Cc2c[nH]c3ccccc23)C(=O)N1C. The first-order chi connectivity index (χ1) is 63.2. The number of carbonyl (C=O) groups is 16. The molecule has 5 heterocycles. The molecule has 0 saturated carbocycles. The molecule has 5 aromatic rings. The van der Waals surface area contributed by atoms with Crippen molar-refractivity contribution in [1.82, 2.24) is 93.0 Å². The van der Waals surface area contributed by atoms with Crippen LogP contribution in [0.25, 0.3) is 21.8 Å². The van der Waals surface area contributed by atoms with Crippen LogP contribution in [0.2, 0.25) is 0 Å². The van der Waals surface area contributed by atoms with Crippen LogP contribution in [0.3, 0.4) is 0 Å². The molecule has 3 saturated heterocycles. The van der Waals surface area contributed by atoms with Gasteiger partial charge in [-0.05, 0) is 155 Å². The normalized spacial score (nSPS) is 24.9. The van der Waals surface area contributed by atoms with Crippen LogP contribution in [0.15, 0.2) is 91.3 Å². The fourth-order valence-corrected chi connectivity index (χ4v) is 17.8. The summed E-state index contributed by atoms with van der Waals surface area (Å²) in [6.07, 6.45) is 7.04. The van der Waals surface area contributed by atoms with Crippen LogP contribution in [-0.2, 0) is 96.0 Å². The van der Waals surface area contributed by atoms with E-state index in [9.17, 15) is 33.6 Å². The van der Waals surface area contributed by atoms with Gasteiger partial charge in [0.05, 0.1) is 13.1 Å². The lowest BCUT2D eigenvalue weighted by molar-refractivity contribution is -0.149. The average molecular weight is 1850 g/mol. The summed E-state index contributed by atoms with van der Waals surface area (Å²) in [5.41, 5.74) is 8.88. The van der Waals surface area contributed by atoms with Gasteiger partial charge in [-0.3, -0.25) is 76.7 Å². The number of para-hydroxylation sites is 2. The standard InChI is InChI=1S/C98H147N19O16/c1-17-19-38-79-91(126)107-72(46-58(5)6)87(122)105-70(86(121)103-55-83(99)118)37-28-42-100-56-84(119)104-77(50-63-31-22-21-23-32-63)94(129)113(14)62(13)85(120)110-75(48-60(9)10)96(131)116-43-29-40-80(116)92(127)108-73(47-59(7)8)89(124)111-76(49-61(11)12)97(132)117-44-30-41-81(117)93(128)109-74(51-64-53-101-68-35-26-24-33-66(64)68)90(125)106-71(45-57(3)4)88(123)112-78(52-65-54-102-69-36-27-25-34-67(65)69)95(130)115(16)82(39-20-18-2)98(133)114(79)15/h21-27,31-36,53-54,57-62,70-82,100-102H,17-20,28-30,37-52,55-56H2,1-16H3,(H2,99,118)(H,103,121)(H,104,119)(H,105,122)(H,106,125)(H,107,126)(H,108,127)(H,109,128)(H,110,120)(H,111,124)(H,112,123)/t62-,70-,71-,72-,73-,74-,75-,76-,77-,78?,79-,80-,81-,82-/m0/s1. The lowest BCUT2D eigenvalue weighted by Crippen LogP contribution is -2.61. The first-order valence-electron chi connectivity index (χ1n) is 47.7. The van der Waals surface area contributed by atoms with E-state index >= 15 is 43.2 Å². The zero-order valence-corrected chi connectivity index (χ0v) is 80.7. The minimum atomic E-state index is -1.42. The van der Waals surface area contributed by atoms with Crippen LogP contribution in [0, 0.1) is 29.6 Å². The van der Waals surface area contributed by atoms with Crippen LogP contribution in [0.5, 0.6) is 0 Å². The fraction of sp³-hybridized carbons (Fsp3) is 0.612. The molecule has 35 nitrogen and oxygen atoms in total. The Bertz CT molecular complexity index is 4820. The Hall–Kier alpha value is -11.8. The molecule has 3 aliphatic heterocycles. The number of hydrogen-bond donors (Lipinski definition) is 14. The minimum absolute atomic E-state index is 0.00530. The molecule has 35 heteroatoms. The molecule has 3 aliphatic rings. The van der Waals surface area contributed by atoms with E-state index in [1.54, 1.807) is 42.7 Å². The van der Waals surface area contributed by atoms with Crippen molar-refractivity contribution in [3.05, 3.63) is 108 Å². The lowest BCUT2D eigenvalue weighted by atomic mass is 9.98. The van der Waals surface area contributed by atoms with Gasteiger partial charge in [0.1, 0.15) is 84.6 Å². The monoisotopic (exact) mass is 1850 g/mol. The third kappa shape index (κ3) is 30.9. The van der Waals surface area contributed by atoms with E-state index in [2.05, 4.69) is 68.5 Å². The molecule has 133 heavy (non-hydrogen) atoms. The summed E-state index contributed by atoms with van der Waals surface area (Å²) >= 11 is 0. The predicted octanol–water partition coefficient (Wildman–Crippen LogP) is 5.12. The predicted molar refractivity (Wildman–Crippen MR) is 507 cm³/mol. The number of aromatic amines is 2. The van der Waals surface area contributed by atoms with Gasteiger partial charge in [-0.2, -0.15) is 0 Å². The van der Waals surface area contributed by atoms with Crippen molar-refractivity contribution in [3.63, 3.8) is 0 Å². The topological polar surface area (TPSA) is 479 Å². The maximum atomic E-state index is 15.9. The van der Waals surface area contributed by atoms with E-state index in [0.717, 1.165) is 21.8 Å². The minimum Gasteiger partial charge on any atom is -0.368 e. The highest BCUT2D eigenvalue weighted by Gasteiger charge is 2.46. The van der Waals surface area contributed by atoms with E-state index in [-0.39, 0.29) is 146 Å².